The number of ether oxygens (including phenoxy) is 2. The Balaban J connectivity index is 2.28. The first-order valence-corrected chi connectivity index (χ1v) is 8.72. The summed E-state index contributed by atoms with van der Waals surface area (Å²) in [4.78, 5) is 12.4. The van der Waals surface area contributed by atoms with Gasteiger partial charge in [-0.3, -0.25) is 4.79 Å². The SMILES string of the molecule is COc1cc(Br)cc(C=C(C#N)C(=O)NC2CCCCC2)c1OC. The first-order valence-electron chi connectivity index (χ1n) is 7.93. The molecule has 128 valence electrons. The summed E-state index contributed by atoms with van der Waals surface area (Å²) in [5, 5.41) is 12.3. The minimum absolute atomic E-state index is 0.0547. The molecule has 1 aromatic rings. The highest BCUT2D eigenvalue weighted by Crippen LogP contribution is 2.35. The van der Waals surface area contributed by atoms with Gasteiger partial charge in [0.15, 0.2) is 11.5 Å². The summed E-state index contributed by atoms with van der Waals surface area (Å²) < 4.78 is 11.4. The Kier molecular flexibility index (Phi) is 6.68. The smallest absolute Gasteiger partial charge is 0.262 e. The lowest BCUT2D eigenvalue weighted by molar-refractivity contribution is -0.117. The van der Waals surface area contributed by atoms with E-state index in [9.17, 15) is 10.1 Å². The highest BCUT2D eigenvalue weighted by atomic mass is 79.9. The summed E-state index contributed by atoms with van der Waals surface area (Å²) >= 11 is 3.40. The van der Waals surface area contributed by atoms with E-state index in [0.717, 1.165) is 30.2 Å². The van der Waals surface area contributed by atoms with Crippen molar-refractivity contribution in [1.29, 1.82) is 5.26 Å². The molecule has 1 aromatic carbocycles. The molecule has 5 nitrogen and oxygen atoms in total. The minimum atomic E-state index is -0.342. The second-order valence-corrected chi connectivity index (χ2v) is 6.62. The van der Waals surface area contributed by atoms with Crippen LogP contribution in [-0.4, -0.2) is 26.2 Å². The molecular weight excluding hydrogens is 372 g/mol. The quantitative estimate of drug-likeness (QED) is 0.610. The van der Waals surface area contributed by atoms with Crippen molar-refractivity contribution in [3.63, 3.8) is 0 Å². The van der Waals surface area contributed by atoms with Crippen LogP contribution in [0.15, 0.2) is 22.2 Å². The van der Waals surface area contributed by atoms with Crippen LogP contribution in [0.3, 0.4) is 0 Å². The van der Waals surface area contributed by atoms with Gasteiger partial charge in [0.1, 0.15) is 11.6 Å². The second-order valence-electron chi connectivity index (χ2n) is 5.71. The van der Waals surface area contributed by atoms with E-state index in [1.165, 1.54) is 19.6 Å². The molecule has 6 heteroatoms. The third-order valence-corrected chi connectivity index (χ3v) is 4.54. The van der Waals surface area contributed by atoms with Gasteiger partial charge in [0.2, 0.25) is 0 Å². The van der Waals surface area contributed by atoms with E-state index in [4.69, 9.17) is 9.47 Å². The van der Waals surface area contributed by atoms with Crippen LogP contribution in [0.1, 0.15) is 37.7 Å². The Bertz CT molecular complexity index is 674. The molecule has 0 heterocycles. The van der Waals surface area contributed by atoms with Gasteiger partial charge in [0, 0.05) is 16.1 Å². The van der Waals surface area contributed by atoms with E-state index in [0.29, 0.717) is 17.1 Å². The van der Waals surface area contributed by atoms with E-state index < -0.39 is 0 Å². The molecule has 0 saturated heterocycles. The van der Waals surface area contributed by atoms with Crippen molar-refractivity contribution in [3.8, 4) is 17.6 Å². The third-order valence-electron chi connectivity index (χ3n) is 4.08. The lowest BCUT2D eigenvalue weighted by atomic mass is 9.95. The lowest BCUT2D eigenvalue weighted by Crippen LogP contribution is -2.36. The fourth-order valence-corrected chi connectivity index (χ4v) is 3.33. The zero-order valence-corrected chi connectivity index (χ0v) is 15.5. The summed E-state index contributed by atoms with van der Waals surface area (Å²) in [7, 11) is 3.07. The summed E-state index contributed by atoms with van der Waals surface area (Å²) in [5.74, 6) is 0.674. The van der Waals surface area contributed by atoms with E-state index in [-0.39, 0.29) is 17.5 Å². The van der Waals surface area contributed by atoms with Gasteiger partial charge in [0.25, 0.3) is 5.91 Å². The number of hydrogen-bond acceptors (Lipinski definition) is 4. The van der Waals surface area contributed by atoms with Gasteiger partial charge in [-0.25, -0.2) is 0 Å². The largest absolute Gasteiger partial charge is 0.493 e. The number of carbonyl (C=O) groups is 1. The van der Waals surface area contributed by atoms with Gasteiger partial charge in [-0.1, -0.05) is 35.2 Å². The molecule has 24 heavy (non-hydrogen) atoms. The maximum Gasteiger partial charge on any atom is 0.262 e. The second kappa shape index (κ2) is 8.74. The van der Waals surface area contributed by atoms with Gasteiger partial charge < -0.3 is 14.8 Å². The van der Waals surface area contributed by atoms with Crippen molar-refractivity contribution >= 4 is 27.9 Å². The van der Waals surface area contributed by atoms with E-state index in [2.05, 4.69) is 21.2 Å². The van der Waals surface area contributed by atoms with Crippen LogP contribution in [0.4, 0.5) is 0 Å². The minimum Gasteiger partial charge on any atom is -0.493 e. The molecule has 0 aromatic heterocycles. The van der Waals surface area contributed by atoms with Crippen molar-refractivity contribution in [3.05, 3.63) is 27.7 Å². The molecule has 0 aliphatic heterocycles. The Labute approximate surface area is 150 Å². The Morgan fingerprint density at radius 3 is 2.58 bits per heavy atom. The number of rotatable bonds is 5. The van der Waals surface area contributed by atoms with Gasteiger partial charge >= 0.3 is 0 Å². The van der Waals surface area contributed by atoms with Crippen molar-refractivity contribution in [2.45, 2.75) is 38.1 Å². The molecule has 0 spiro atoms. The molecule has 1 amide bonds. The molecule has 1 aliphatic rings. The van der Waals surface area contributed by atoms with Crippen LogP contribution in [0.5, 0.6) is 11.5 Å². The van der Waals surface area contributed by atoms with Crippen molar-refractivity contribution in [2.75, 3.05) is 14.2 Å². The number of benzene rings is 1. The van der Waals surface area contributed by atoms with Crippen LogP contribution in [0.2, 0.25) is 0 Å². The van der Waals surface area contributed by atoms with Gasteiger partial charge in [-0.05, 0) is 31.1 Å². The number of nitriles is 1. The predicted molar refractivity (Wildman–Crippen MR) is 95.9 cm³/mol. The summed E-state index contributed by atoms with van der Waals surface area (Å²) in [6.45, 7) is 0. The Morgan fingerprint density at radius 1 is 1.29 bits per heavy atom. The predicted octanol–water partition coefficient (Wildman–Crippen LogP) is 3.82. The van der Waals surface area contributed by atoms with Crippen LogP contribution >= 0.6 is 15.9 Å². The molecule has 1 aliphatic carbocycles. The Morgan fingerprint density at radius 2 is 2.00 bits per heavy atom. The highest BCUT2D eigenvalue weighted by Gasteiger charge is 2.19. The van der Waals surface area contributed by atoms with Gasteiger partial charge in [-0.15, -0.1) is 0 Å². The highest BCUT2D eigenvalue weighted by molar-refractivity contribution is 9.10. The Hall–Kier alpha value is -2.00. The van der Waals surface area contributed by atoms with Crippen LogP contribution < -0.4 is 14.8 Å². The molecule has 2 rings (SSSR count). The number of carbonyl (C=O) groups excluding carboxylic acids is 1. The summed E-state index contributed by atoms with van der Waals surface area (Å²) in [6, 6.07) is 5.69. The molecule has 0 bridgehead atoms. The summed E-state index contributed by atoms with van der Waals surface area (Å²) in [5.41, 5.74) is 0.665. The summed E-state index contributed by atoms with van der Waals surface area (Å²) in [6.07, 6.45) is 6.92. The zero-order valence-electron chi connectivity index (χ0n) is 13.9. The van der Waals surface area contributed by atoms with Crippen LogP contribution in [0, 0.1) is 11.3 Å². The molecular formula is C18H21BrN2O3. The lowest BCUT2D eigenvalue weighted by Gasteiger charge is -2.22. The molecule has 1 fully saturated rings. The monoisotopic (exact) mass is 392 g/mol. The van der Waals surface area contributed by atoms with E-state index in [1.54, 1.807) is 19.2 Å². The fraction of sp³-hybridized carbons (Fsp3) is 0.444. The average molecular weight is 393 g/mol. The molecule has 0 radical (unpaired) electrons. The van der Waals surface area contributed by atoms with Crippen molar-refractivity contribution < 1.29 is 14.3 Å². The van der Waals surface area contributed by atoms with Gasteiger partial charge in [-0.2, -0.15) is 5.26 Å². The van der Waals surface area contributed by atoms with Crippen LogP contribution in [0.25, 0.3) is 6.08 Å². The number of nitrogens with one attached hydrogen (secondary N) is 1. The maximum atomic E-state index is 12.4. The van der Waals surface area contributed by atoms with E-state index >= 15 is 0 Å². The third kappa shape index (κ3) is 4.51. The fourth-order valence-electron chi connectivity index (χ4n) is 2.88. The molecule has 0 unspecified atom stereocenters. The first kappa shape index (κ1) is 18.3. The molecule has 1 N–H and O–H groups in total. The topological polar surface area (TPSA) is 71.3 Å². The number of methoxy groups -OCH3 is 2. The average Bonchev–Trinajstić information content (AvgIpc) is 2.59. The van der Waals surface area contributed by atoms with Crippen LogP contribution in [-0.2, 0) is 4.79 Å². The standard InChI is InChI=1S/C18H21BrN2O3/c1-23-16-10-14(19)9-12(17(16)24-2)8-13(11-20)18(22)21-15-6-4-3-5-7-15/h8-10,15H,3-7H2,1-2H3,(H,21,22). The van der Waals surface area contributed by atoms with Crippen molar-refractivity contribution in [1.82, 2.24) is 5.32 Å². The van der Waals surface area contributed by atoms with Crippen molar-refractivity contribution in [2.24, 2.45) is 0 Å². The number of nitrogens with zero attached hydrogens (tertiary/aromatic N) is 1. The van der Waals surface area contributed by atoms with E-state index in [1.807, 2.05) is 6.07 Å². The first-order chi connectivity index (χ1) is 11.6. The molecule has 1 saturated carbocycles. The normalized spacial score (nSPS) is 15.5. The number of hydrogen-bond donors (Lipinski definition) is 1. The van der Waals surface area contributed by atoms with Gasteiger partial charge in [0.05, 0.1) is 14.2 Å². The maximum absolute atomic E-state index is 12.4. The number of halogens is 1. The number of amides is 1. The zero-order chi connectivity index (χ0) is 17.5. The molecule has 0 atom stereocenters.